The van der Waals surface area contributed by atoms with Gasteiger partial charge in [0.1, 0.15) is 11.5 Å². The minimum atomic E-state index is -4.54. The molecule has 1 saturated carbocycles. The van der Waals surface area contributed by atoms with Gasteiger partial charge in [0.25, 0.3) is 0 Å². The SMILES string of the molecule is CC1NCC2CC21.COCc1ccc(C(F)(F)F)nc1NC=O. The van der Waals surface area contributed by atoms with Gasteiger partial charge in [-0.15, -0.1) is 0 Å². The van der Waals surface area contributed by atoms with Gasteiger partial charge in [-0.3, -0.25) is 4.79 Å². The maximum atomic E-state index is 12.3. The number of ether oxygens (including phenoxy) is 1. The van der Waals surface area contributed by atoms with Crippen LogP contribution in [-0.2, 0) is 22.3 Å². The maximum Gasteiger partial charge on any atom is 0.433 e. The van der Waals surface area contributed by atoms with Gasteiger partial charge >= 0.3 is 6.18 Å². The molecule has 1 saturated heterocycles. The number of nitrogens with one attached hydrogen (secondary N) is 2. The van der Waals surface area contributed by atoms with Gasteiger partial charge in [-0.2, -0.15) is 13.2 Å². The summed E-state index contributed by atoms with van der Waals surface area (Å²) in [7, 11) is 1.39. The van der Waals surface area contributed by atoms with Crippen LogP contribution in [0.25, 0.3) is 0 Å². The van der Waals surface area contributed by atoms with E-state index in [1.54, 1.807) is 0 Å². The number of hydrogen-bond donors (Lipinski definition) is 2. The zero-order valence-electron chi connectivity index (χ0n) is 13.0. The van der Waals surface area contributed by atoms with Gasteiger partial charge in [0, 0.05) is 18.7 Å². The second-order valence-electron chi connectivity index (χ2n) is 5.75. The molecule has 3 rings (SSSR count). The molecule has 2 N–H and O–H groups in total. The lowest BCUT2D eigenvalue weighted by Gasteiger charge is -2.10. The van der Waals surface area contributed by atoms with E-state index in [4.69, 9.17) is 4.74 Å². The van der Waals surface area contributed by atoms with Crippen molar-refractivity contribution in [3.8, 4) is 0 Å². The van der Waals surface area contributed by atoms with Crippen LogP contribution in [0, 0.1) is 11.8 Å². The first-order valence-corrected chi connectivity index (χ1v) is 7.36. The molecule has 0 spiro atoms. The lowest BCUT2D eigenvalue weighted by Crippen LogP contribution is -2.21. The molecule has 1 aromatic heterocycles. The van der Waals surface area contributed by atoms with Gasteiger partial charge in [-0.25, -0.2) is 4.98 Å². The second kappa shape index (κ2) is 7.27. The van der Waals surface area contributed by atoms with E-state index in [9.17, 15) is 18.0 Å². The van der Waals surface area contributed by atoms with Gasteiger partial charge in [0.05, 0.1) is 6.61 Å². The van der Waals surface area contributed by atoms with Gasteiger partial charge < -0.3 is 15.4 Å². The van der Waals surface area contributed by atoms with Crippen LogP contribution in [0.3, 0.4) is 0 Å². The van der Waals surface area contributed by atoms with E-state index in [0.717, 1.165) is 23.9 Å². The lowest BCUT2D eigenvalue weighted by molar-refractivity contribution is -0.141. The first kappa shape index (κ1) is 17.7. The fourth-order valence-corrected chi connectivity index (χ4v) is 2.71. The summed E-state index contributed by atoms with van der Waals surface area (Å²) >= 11 is 0. The fourth-order valence-electron chi connectivity index (χ4n) is 2.71. The van der Waals surface area contributed by atoms with Crippen molar-refractivity contribution >= 4 is 12.2 Å². The summed E-state index contributed by atoms with van der Waals surface area (Å²) in [5.74, 6) is 2.00. The molecule has 8 heteroatoms. The summed E-state index contributed by atoms with van der Waals surface area (Å²) in [6.45, 7) is 3.66. The number of carbonyl (C=O) groups excluding carboxylic acids is 1. The number of fused-ring (bicyclic) bond motifs is 1. The number of piperidine rings is 1. The van der Waals surface area contributed by atoms with Crippen LogP contribution in [-0.4, -0.2) is 31.1 Å². The van der Waals surface area contributed by atoms with Gasteiger partial charge in [0.2, 0.25) is 6.41 Å². The number of hydrogen-bond acceptors (Lipinski definition) is 4. The third kappa shape index (κ3) is 4.65. The normalized spacial score (nSPS) is 25.2. The molecule has 5 nitrogen and oxygen atoms in total. The van der Waals surface area contributed by atoms with Crippen LogP contribution >= 0.6 is 0 Å². The van der Waals surface area contributed by atoms with Crippen molar-refractivity contribution in [2.45, 2.75) is 32.2 Å². The van der Waals surface area contributed by atoms with Crippen LogP contribution < -0.4 is 10.6 Å². The highest BCUT2D eigenvalue weighted by Gasteiger charge is 2.45. The number of anilines is 1. The first-order chi connectivity index (χ1) is 10.9. The molecule has 2 heterocycles. The summed E-state index contributed by atoms with van der Waals surface area (Å²) in [4.78, 5) is 13.5. The van der Waals surface area contributed by atoms with E-state index in [1.165, 1.54) is 26.1 Å². The molecule has 3 atom stereocenters. The molecule has 0 radical (unpaired) electrons. The summed E-state index contributed by atoms with van der Waals surface area (Å²) in [6, 6.07) is 2.89. The van der Waals surface area contributed by atoms with E-state index in [0.29, 0.717) is 5.56 Å². The molecule has 0 bridgehead atoms. The monoisotopic (exact) mass is 331 g/mol. The van der Waals surface area contributed by atoms with E-state index in [-0.39, 0.29) is 18.8 Å². The number of halogens is 3. The molecule has 128 valence electrons. The minimum absolute atomic E-state index is 0.0707. The number of rotatable bonds is 4. The smallest absolute Gasteiger partial charge is 0.380 e. The Balaban J connectivity index is 0.000000223. The Kier molecular flexibility index (Phi) is 5.59. The van der Waals surface area contributed by atoms with Crippen LogP contribution in [0.1, 0.15) is 24.6 Å². The standard InChI is InChI=1S/C9H9F3N2O2.C6H11N/c1-16-4-6-2-3-7(9(10,11)12)14-8(6)13-5-15;1-4-6-2-5(6)3-7-4/h2-3,5H,4H2,1H3,(H,13,14,15);4-7H,2-3H2,1H3. The molecule has 1 aliphatic carbocycles. The molecular formula is C15H20F3N3O2. The van der Waals surface area contributed by atoms with Gasteiger partial charge in [0.15, 0.2) is 0 Å². The van der Waals surface area contributed by atoms with Crippen molar-refractivity contribution in [3.05, 3.63) is 23.4 Å². The molecule has 2 aliphatic rings. The average Bonchev–Trinajstić information content (AvgIpc) is 3.19. The Labute approximate surface area is 132 Å². The first-order valence-electron chi connectivity index (χ1n) is 7.36. The van der Waals surface area contributed by atoms with Crippen molar-refractivity contribution in [2.24, 2.45) is 11.8 Å². The van der Waals surface area contributed by atoms with Crippen LogP contribution in [0.15, 0.2) is 12.1 Å². The Morgan fingerprint density at radius 1 is 1.48 bits per heavy atom. The number of nitrogens with zero attached hydrogens (tertiary/aromatic N) is 1. The summed E-state index contributed by atoms with van der Waals surface area (Å²) in [6.07, 6.45) is -2.76. The highest BCUT2D eigenvalue weighted by molar-refractivity contribution is 5.70. The third-order valence-corrected chi connectivity index (χ3v) is 4.09. The maximum absolute atomic E-state index is 12.3. The summed E-state index contributed by atoms with van der Waals surface area (Å²) in [5.41, 5.74) is -0.681. The zero-order valence-corrected chi connectivity index (χ0v) is 13.0. The largest absolute Gasteiger partial charge is 0.433 e. The fraction of sp³-hybridized carbons (Fsp3) is 0.600. The topological polar surface area (TPSA) is 63.2 Å². The Bertz CT molecular complexity index is 551. The lowest BCUT2D eigenvalue weighted by atomic mass is 10.2. The summed E-state index contributed by atoms with van der Waals surface area (Å²) < 4.78 is 41.7. The quantitative estimate of drug-likeness (QED) is 0.832. The van der Waals surface area contributed by atoms with Crippen molar-refractivity contribution in [3.63, 3.8) is 0 Å². The van der Waals surface area contributed by atoms with Crippen molar-refractivity contribution < 1.29 is 22.7 Å². The van der Waals surface area contributed by atoms with Crippen LogP contribution in [0.4, 0.5) is 19.0 Å². The van der Waals surface area contributed by atoms with Gasteiger partial charge in [-0.05, 0) is 37.8 Å². The summed E-state index contributed by atoms with van der Waals surface area (Å²) in [5, 5.41) is 5.52. The molecule has 2 fully saturated rings. The highest BCUT2D eigenvalue weighted by Crippen LogP contribution is 2.44. The molecule has 3 unspecified atom stereocenters. The number of alkyl halides is 3. The Morgan fingerprint density at radius 2 is 2.22 bits per heavy atom. The molecule has 1 aromatic rings. The third-order valence-electron chi connectivity index (χ3n) is 4.09. The van der Waals surface area contributed by atoms with Crippen LogP contribution in [0.5, 0.6) is 0 Å². The van der Waals surface area contributed by atoms with E-state index >= 15 is 0 Å². The Morgan fingerprint density at radius 3 is 2.61 bits per heavy atom. The number of aromatic nitrogens is 1. The number of amides is 1. The number of methoxy groups -OCH3 is 1. The molecule has 1 aliphatic heterocycles. The predicted molar refractivity (Wildman–Crippen MR) is 78.7 cm³/mol. The minimum Gasteiger partial charge on any atom is -0.380 e. The van der Waals surface area contributed by atoms with E-state index in [1.807, 2.05) is 0 Å². The predicted octanol–water partition coefficient (Wildman–Crippen LogP) is 2.43. The highest BCUT2D eigenvalue weighted by atomic mass is 19.4. The molecule has 0 aromatic carbocycles. The van der Waals surface area contributed by atoms with Gasteiger partial charge in [-0.1, -0.05) is 6.07 Å². The number of carbonyl (C=O) groups is 1. The zero-order chi connectivity index (χ0) is 17.0. The molecule has 23 heavy (non-hydrogen) atoms. The van der Waals surface area contributed by atoms with E-state index < -0.39 is 11.9 Å². The second-order valence-corrected chi connectivity index (χ2v) is 5.75. The van der Waals surface area contributed by atoms with E-state index in [2.05, 4.69) is 22.5 Å². The van der Waals surface area contributed by atoms with Crippen molar-refractivity contribution in [1.82, 2.24) is 10.3 Å². The number of pyridine rings is 1. The Hall–Kier alpha value is -1.67. The molecule has 1 amide bonds. The average molecular weight is 331 g/mol. The molecular weight excluding hydrogens is 311 g/mol. The van der Waals surface area contributed by atoms with Crippen LogP contribution in [0.2, 0.25) is 0 Å². The van der Waals surface area contributed by atoms with Crippen molar-refractivity contribution in [1.29, 1.82) is 0 Å². The van der Waals surface area contributed by atoms with Crippen molar-refractivity contribution in [2.75, 3.05) is 19.0 Å².